The van der Waals surface area contributed by atoms with E-state index in [1.54, 1.807) is 35.4 Å². The first-order valence-electron chi connectivity index (χ1n) is 13.0. The molecule has 5 rings (SSSR count). The largest absolute Gasteiger partial charge is 0.366 e. The van der Waals surface area contributed by atoms with E-state index in [0.717, 1.165) is 17.7 Å². The summed E-state index contributed by atoms with van der Waals surface area (Å²) in [6.07, 6.45) is 4.83. The third-order valence-electron chi connectivity index (χ3n) is 7.50. The summed E-state index contributed by atoms with van der Waals surface area (Å²) in [6, 6.07) is 10.3. The topological polar surface area (TPSA) is 105 Å². The van der Waals surface area contributed by atoms with E-state index >= 15 is 0 Å². The van der Waals surface area contributed by atoms with Crippen LogP contribution >= 0.6 is 11.6 Å². The molecule has 3 aromatic rings. The van der Waals surface area contributed by atoms with Gasteiger partial charge < -0.3 is 16.0 Å². The summed E-state index contributed by atoms with van der Waals surface area (Å²) in [5.74, 6) is -3.20. The lowest BCUT2D eigenvalue weighted by Crippen LogP contribution is -2.38. The lowest BCUT2D eigenvalue weighted by atomic mass is 9.92. The van der Waals surface area contributed by atoms with E-state index in [0.29, 0.717) is 36.2 Å². The molecule has 0 aliphatic carbocycles. The Bertz CT molecular complexity index is 1560. The maximum atomic E-state index is 14.7. The Balaban J connectivity index is 1.54. The lowest BCUT2D eigenvalue weighted by molar-refractivity contribution is -0.129. The van der Waals surface area contributed by atoms with Crippen molar-refractivity contribution in [2.45, 2.75) is 38.6 Å². The van der Waals surface area contributed by atoms with Gasteiger partial charge in [0.05, 0.1) is 22.3 Å². The highest BCUT2D eigenvalue weighted by Crippen LogP contribution is 2.37. The number of rotatable bonds is 3. The number of halogens is 3. The van der Waals surface area contributed by atoms with E-state index in [1.807, 2.05) is 13.0 Å². The van der Waals surface area contributed by atoms with Gasteiger partial charge in [-0.2, -0.15) is 0 Å². The molecular weight excluding hydrogens is 538 g/mol. The summed E-state index contributed by atoms with van der Waals surface area (Å²) in [7, 11) is 0. The van der Waals surface area contributed by atoms with Crippen LogP contribution in [0.25, 0.3) is 16.7 Å². The summed E-state index contributed by atoms with van der Waals surface area (Å²) in [5, 5.41) is 2.72. The van der Waals surface area contributed by atoms with Crippen LogP contribution in [0.5, 0.6) is 0 Å². The van der Waals surface area contributed by atoms with E-state index < -0.39 is 23.6 Å². The van der Waals surface area contributed by atoms with E-state index in [9.17, 15) is 23.2 Å². The highest BCUT2D eigenvalue weighted by molar-refractivity contribution is 6.31. The zero-order chi connectivity index (χ0) is 28.6. The average Bonchev–Trinajstić information content (AvgIpc) is 2.93. The van der Waals surface area contributed by atoms with Crippen molar-refractivity contribution in [1.82, 2.24) is 9.88 Å². The monoisotopic (exact) mass is 564 g/mol. The van der Waals surface area contributed by atoms with Gasteiger partial charge in [-0.3, -0.25) is 19.4 Å². The van der Waals surface area contributed by atoms with Crippen LogP contribution in [0.4, 0.5) is 14.5 Å². The van der Waals surface area contributed by atoms with E-state index in [2.05, 4.69) is 10.3 Å². The number of nitrogens with one attached hydrogen (secondary N) is 1. The molecule has 3 amide bonds. The zero-order valence-electron chi connectivity index (χ0n) is 21.7. The Kier molecular flexibility index (Phi) is 7.67. The first kappa shape index (κ1) is 27.5. The summed E-state index contributed by atoms with van der Waals surface area (Å²) in [5.41, 5.74) is 8.21. The van der Waals surface area contributed by atoms with Crippen molar-refractivity contribution in [3.63, 3.8) is 0 Å². The van der Waals surface area contributed by atoms with Crippen LogP contribution in [0, 0.1) is 17.6 Å². The van der Waals surface area contributed by atoms with Gasteiger partial charge in [0.15, 0.2) is 5.82 Å². The number of carbonyl (C=O) groups is 3. The molecule has 0 saturated carbocycles. The lowest BCUT2D eigenvalue weighted by Gasteiger charge is -2.34. The van der Waals surface area contributed by atoms with E-state index in [4.69, 9.17) is 17.3 Å². The number of anilines is 1. The van der Waals surface area contributed by atoms with E-state index in [-0.39, 0.29) is 52.4 Å². The number of hydrogen-bond donors (Lipinski definition) is 2. The molecule has 40 heavy (non-hydrogen) atoms. The molecule has 0 saturated heterocycles. The van der Waals surface area contributed by atoms with Gasteiger partial charge in [0.2, 0.25) is 17.7 Å². The minimum atomic E-state index is -0.889. The van der Waals surface area contributed by atoms with Crippen LogP contribution in [0.15, 0.2) is 54.7 Å². The Morgan fingerprint density at radius 2 is 1.93 bits per heavy atom. The second kappa shape index (κ2) is 11.2. The molecule has 1 aromatic heterocycles. The van der Waals surface area contributed by atoms with Crippen molar-refractivity contribution < 1.29 is 23.2 Å². The number of carbonyl (C=O) groups excluding carboxylic acids is 3. The first-order valence-corrected chi connectivity index (χ1v) is 13.4. The maximum Gasteiger partial charge on any atom is 0.248 e. The van der Waals surface area contributed by atoms with Crippen LogP contribution in [0.1, 0.15) is 60.3 Å². The number of hydrogen-bond acceptors (Lipinski definition) is 4. The fraction of sp³-hybridized carbons (Fsp3) is 0.267. The van der Waals surface area contributed by atoms with Gasteiger partial charge in [-0.25, -0.2) is 8.78 Å². The minimum Gasteiger partial charge on any atom is -0.366 e. The van der Waals surface area contributed by atoms with Crippen molar-refractivity contribution >= 4 is 40.6 Å². The molecular formula is C30H27ClF2N4O3. The molecule has 2 aliphatic heterocycles. The molecule has 3 N–H and O–H groups in total. The Hall–Kier alpha value is -4.11. The zero-order valence-corrected chi connectivity index (χ0v) is 22.5. The number of primary amides is 1. The second-order valence-corrected chi connectivity index (χ2v) is 10.5. The van der Waals surface area contributed by atoms with Gasteiger partial charge >= 0.3 is 0 Å². The van der Waals surface area contributed by atoms with Gasteiger partial charge in [0.25, 0.3) is 0 Å². The minimum absolute atomic E-state index is 0.193. The summed E-state index contributed by atoms with van der Waals surface area (Å²) >= 11 is 5.88. The van der Waals surface area contributed by atoms with Gasteiger partial charge in [0.1, 0.15) is 5.82 Å². The number of pyridine rings is 1. The van der Waals surface area contributed by atoms with Crippen LogP contribution in [-0.2, 0) is 9.59 Å². The molecule has 3 heterocycles. The summed E-state index contributed by atoms with van der Waals surface area (Å²) < 4.78 is 29.2. The normalized spacial score (nSPS) is 19.6. The number of nitrogens with two attached hydrogens (primary N) is 1. The number of aromatic nitrogens is 1. The molecule has 7 nitrogen and oxygen atoms in total. The van der Waals surface area contributed by atoms with Crippen molar-refractivity contribution in [2.75, 3.05) is 11.9 Å². The number of fused-ring (bicyclic) bond motifs is 4. The quantitative estimate of drug-likeness (QED) is 0.387. The molecule has 0 radical (unpaired) electrons. The third kappa shape index (κ3) is 5.34. The Labute approximate surface area is 235 Å². The Morgan fingerprint density at radius 1 is 1.12 bits per heavy atom. The highest BCUT2D eigenvalue weighted by Gasteiger charge is 2.31. The molecule has 0 fully saturated rings. The fourth-order valence-electron chi connectivity index (χ4n) is 5.30. The van der Waals surface area contributed by atoms with Gasteiger partial charge in [-0.1, -0.05) is 31.0 Å². The molecule has 2 bridgehead atoms. The maximum absolute atomic E-state index is 14.7. The molecule has 0 spiro atoms. The van der Waals surface area contributed by atoms with Crippen molar-refractivity contribution in [3.05, 3.63) is 88.2 Å². The van der Waals surface area contributed by atoms with Crippen LogP contribution in [0.3, 0.4) is 0 Å². The van der Waals surface area contributed by atoms with Gasteiger partial charge in [-0.05, 0) is 66.8 Å². The van der Waals surface area contributed by atoms with Gasteiger partial charge in [0, 0.05) is 41.5 Å². The number of benzene rings is 2. The van der Waals surface area contributed by atoms with Crippen LogP contribution < -0.4 is 11.1 Å². The van der Waals surface area contributed by atoms with Crippen LogP contribution in [-0.4, -0.2) is 34.2 Å². The third-order valence-corrected chi connectivity index (χ3v) is 7.79. The SMILES string of the molecule is CC1CCCC(N2CCC(c3c(F)ccc(Cl)c3F)=CC2=O)c2cc(ccn2)-c2ccc(C(N)=O)cc2NC1=O. The Morgan fingerprint density at radius 3 is 2.67 bits per heavy atom. The van der Waals surface area contributed by atoms with Gasteiger partial charge in [-0.15, -0.1) is 0 Å². The highest BCUT2D eigenvalue weighted by atomic mass is 35.5. The van der Waals surface area contributed by atoms with Crippen LogP contribution in [0.2, 0.25) is 5.02 Å². The smallest absolute Gasteiger partial charge is 0.248 e. The fourth-order valence-corrected chi connectivity index (χ4v) is 5.46. The molecule has 206 valence electrons. The number of nitrogens with zero attached hydrogens (tertiary/aromatic N) is 2. The predicted molar refractivity (Wildman–Crippen MR) is 148 cm³/mol. The summed E-state index contributed by atoms with van der Waals surface area (Å²) in [4.78, 5) is 44.5. The van der Waals surface area contributed by atoms with Crippen molar-refractivity contribution in [2.24, 2.45) is 11.7 Å². The molecule has 2 aromatic carbocycles. The van der Waals surface area contributed by atoms with E-state index in [1.165, 1.54) is 6.08 Å². The number of amides is 3. The molecule has 2 unspecified atom stereocenters. The molecule has 10 heteroatoms. The molecule has 2 aliphatic rings. The second-order valence-electron chi connectivity index (χ2n) is 10.1. The standard InChI is InChI=1S/C30H27ClF2N4O3/c1-16-3-2-4-25(37-12-10-18(15-26(37)38)27-22(32)8-7-21(31)28(27)33)24-13-17(9-11-35-24)20-6-5-19(29(34)39)14-23(20)36-30(16)40/h5-9,11,13-16,25H,2-4,10,12H2,1H3,(H2,34,39)(H,36,40). The van der Waals surface area contributed by atoms with Crippen molar-refractivity contribution in [3.8, 4) is 11.1 Å². The molecule has 2 atom stereocenters. The first-order chi connectivity index (χ1) is 19.1. The van der Waals surface area contributed by atoms with Crippen molar-refractivity contribution in [1.29, 1.82) is 0 Å². The summed E-state index contributed by atoms with van der Waals surface area (Å²) in [6.45, 7) is 2.04. The average molecular weight is 565 g/mol. The predicted octanol–water partition coefficient (Wildman–Crippen LogP) is 5.89.